The van der Waals surface area contributed by atoms with Crippen molar-refractivity contribution in [2.75, 3.05) is 0 Å². The fraction of sp³-hybridized carbons (Fsp3) is 0.846. The second-order valence-corrected chi connectivity index (χ2v) is 5.89. The van der Waals surface area contributed by atoms with Gasteiger partial charge in [0.1, 0.15) is 12.2 Å². The second-order valence-electron chi connectivity index (χ2n) is 5.89. The van der Waals surface area contributed by atoms with Crippen molar-refractivity contribution < 1.29 is 0 Å². The molecule has 3 atom stereocenters. The smallest absolute Gasteiger partial charge is 0.133 e. The first kappa shape index (κ1) is 10.3. The van der Waals surface area contributed by atoms with Gasteiger partial charge in [0.05, 0.1) is 0 Å². The average Bonchev–Trinajstić information content (AvgIpc) is 2.91. The van der Waals surface area contributed by atoms with Gasteiger partial charge in [-0.15, -0.1) is 10.2 Å². The van der Waals surface area contributed by atoms with E-state index in [0.29, 0.717) is 6.04 Å². The summed E-state index contributed by atoms with van der Waals surface area (Å²) >= 11 is 0. The summed E-state index contributed by atoms with van der Waals surface area (Å²) in [5, 5.41) is 8.36. The van der Waals surface area contributed by atoms with Gasteiger partial charge >= 0.3 is 0 Å². The van der Waals surface area contributed by atoms with Crippen molar-refractivity contribution in [1.82, 2.24) is 14.8 Å². The lowest BCUT2D eigenvalue weighted by Crippen LogP contribution is -2.16. The lowest BCUT2D eigenvalue weighted by atomic mass is 9.86. The van der Waals surface area contributed by atoms with Crippen LogP contribution in [0.3, 0.4) is 0 Å². The summed E-state index contributed by atoms with van der Waals surface area (Å²) < 4.78 is 2.23. The van der Waals surface area contributed by atoms with Crippen molar-refractivity contribution in [2.45, 2.75) is 52.0 Å². The molecule has 0 aromatic carbocycles. The Hall–Kier alpha value is -0.860. The van der Waals surface area contributed by atoms with Gasteiger partial charge in [0.2, 0.25) is 0 Å². The quantitative estimate of drug-likeness (QED) is 0.782. The Bertz CT molecular complexity index is 369. The van der Waals surface area contributed by atoms with Gasteiger partial charge in [-0.25, -0.2) is 0 Å². The molecule has 0 amide bonds. The maximum absolute atomic E-state index is 4.30. The Morgan fingerprint density at radius 2 is 2.25 bits per heavy atom. The zero-order valence-electron chi connectivity index (χ0n) is 10.3. The molecule has 3 unspecified atom stereocenters. The SMILES string of the molecule is CC(C)n1cnnc1CC1CC2CCC1C2. The van der Waals surface area contributed by atoms with E-state index >= 15 is 0 Å². The normalized spacial score (nSPS) is 32.8. The zero-order valence-corrected chi connectivity index (χ0v) is 10.3. The van der Waals surface area contributed by atoms with E-state index in [1.165, 1.54) is 31.5 Å². The van der Waals surface area contributed by atoms with Gasteiger partial charge in [0.15, 0.2) is 0 Å². The van der Waals surface area contributed by atoms with E-state index in [9.17, 15) is 0 Å². The monoisotopic (exact) mass is 219 g/mol. The molecule has 1 aromatic heterocycles. The molecule has 0 saturated heterocycles. The minimum atomic E-state index is 0.489. The van der Waals surface area contributed by atoms with Gasteiger partial charge < -0.3 is 4.57 Å². The van der Waals surface area contributed by atoms with E-state index in [1.807, 2.05) is 6.33 Å². The van der Waals surface area contributed by atoms with Crippen LogP contribution in [0.15, 0.2) is 6.33 Å². The average molecular weight is 219 g/mol. The van der Waals surface area contributed by atoms with E-state index in [0.717, 1.165) is 24.2 Å². The molecule has 0 spiro atoms. The van der Waals surface area contributed by atoms with E-state index in [1.54, 1.807) is 0 Å². The van der Waals surface area contributed by atoms with Crippen molar-refractivity contribution >= 4 is 0 Å². The predicted octanol–water partition coefficient (Wildman–Crippen LogP) is 2.84. The molecule has 2 aliphatic rings. The van der Waals surface area contributed by atoms with Crippen molar-refractivity contribution in [2.24, 2.45) is 17.8 Å². The molecule has 3 nitrogen and oxygen atoms in total. The summed E-state index contributed by atoms with van der Waals surface area (Å²) in [4.78, 5) is 0. The summed E-state index contributed by atoms with van der Waals surface area (Å²) in [6.07, 6.45) is 8.91. The largest absolute Gasteiger partial charge is 0.315 e. The van der Waals surface area contributed by atoms with Crippen LogP contribution in [0.2, 0.25) is 0 Å². The number of rotatable bonds is 3. The van der Waals surface area contributed by atoms with Crippen molar-refractivity contribution in [3.63, 3.8) is 0 Å². The van der Waals surface area contributed by atoms with Gasteiger partial charge in [-0.05, 0) is 50.9 Å². The third-order valence-electron chi connectivity index (χ3n) is 4.53. The molecular weight excluding hydrogens is 198 g/mol. The molecule has 0 aliphatic heterocycles. The van der Waals surface area contributed by atoms with Crippen LogP contribution in [-0.2, 0) is 6.42 Å². The molecule has 2 bridgehead atoms. The third-order valence-corrected chi connectivity index (χ3v) is 4.53. The van der Waals surface area contributed by atoms with E-state index in [-0.39, 0.29) is 0 Å². The van der Waals surface area contributed by atoms with Gasteiger partial charge in [-0.1, -0.05) is 6.42 Å². The maximum atomic E-state index is 4.30. The molecule has 88 valence electrons. The fourth-order valence-corrected chi connectivity index (χ4v) is 3.70. The maximum Gasteiger partial charge on any atom is 0.133 e. The Labute approximate surface area is 97.3 Å². The Morgan fingerprint density at radius 3 is 2.88 bits per heavy atom. The molecule has 2 saturated carbocycles. The molecule has 1 aromatic rings. The molecule has 1 heterocycles. The van der Waals surface area contributed by atoms with Crippen LogP contribution in [0.25, 0.3) is 0 Å². The van der Waals surface area contributed by atoms with Crippen LogP contribution in [0.5, 0.6) is 0 Å². The molecule has 3 rings (SSSR count). The van der Waals surface area contributed by atoms with Crippen LogP contribution >= 0.6 is 0 Å². The van der Waals surface area contributed by atoms with E-state index in [2.05, 4.69) is 28.6 Å². The van der Waals surface area contributed by atoms with Gasteiger partial charge in [-0.3, -0.25) is 0 Å². The first-order chi connectivity index (χ1) is 7.74. The highest BCUT2D eigenvalue weighted by atomic mass is 15.3. The molecule has 2 fully saturated rings. The first-order valence-electron chi connectivity index (χ1n) is 6.62. The Kier molecular flexibility index (Phi) is 2.49. The minimum Gasteiger partial charge on any atom is -0.315 e. The predicted molar refractivity (Wildman–Crippen MR) is 63.0 cm³/mol. The summed E-state index contributed by atoms with van der Waals surface area (Å²) in [6.45, 7) is 4.40. The van der Waals surface area contributed by atoms with Crippen LogP contribution < -0.4 is 0 Å². The number of nitrogens with zero attached hydrogens (tertiary/aromatic N) is 3. The van der Waals surface area contributed by atoms with Crippen LogP contribution in [0.1, 0.15) is 51.4 Å². The molecule has 0 radical (unpaired) electrons. The summed E-state index contributed by atoms with van der Waals surface area (Å²) in [7, 11) is 0. The van der Waals surface area contributed by atoms with Crippen molar-refractivity contribution in [3.8, 4) is 0 Å². The molecule has 3 heteroatoms. The van der Waals surface area contributed by atoms with E-state index < -0.39 is 0 Å². The standard InChI is InChI=1S/C13H21N3/c1-9(2)16-8-14-15-13(16)7-12-6-10-3-4-11(12)5-10/h8-12H,3-7H2,1-2H3. The Balaban J connectivity index is 1.72. The van der Waals surface area contributed by atoms with Gasteiger partial charge in [-0.2, -0.15) is 0 Å². The lowest BCUT2D eigenvalue weighted by molar-refractivity contribution is 0.321. The summed E-state index contributed by atoms with van der Waals surface area (Å²) in [5.41, 5.74) is 0. The first-order valence-corrected chi connectivity index (χ1v) is 6.62. The second kappa shape index (κ2) is 3.86. The van der Waals surface area contributed by atoms with Crippen LogP contribution in [0.4, 0.5) is 0 Å². The van der Waals surface area contributed by atoms with Crippen molar-refractivity contribution in [1.29, 1.82) is 0 Å². The summed E-state index contributed by atoms with van der Waals surface area (Å²) in [6, 6.07) is 0.489. The number of aromatic nitrogens is 3. The van der Waals surface area contributed by atoms with E-state index in [4.69, 9.17) is 0 Å². The zero-order chi connectivity index (χ0) is 11.1. The third kappa shape index (κ3) is 1.66. The molecule has 16 heavy (non-hydrogen) atoms. The highest BCUT2D eigenvalue weighted by molar-refractivity contribution is 4.97. The van der Waals surface area contributed by atoms with Gasteiger partial charge in [0.25, 0.3) is 0 Å². The van der Waals surface area contributed by atoms with Gasteiger partial charge in [0, 0.05) is 12.5 Å². The minimum absolute atomic E-state index is 0.489. The van der Waals surface area contributed by atoms with Crippen LogP contribution in [-0.4, -0.2) is 14.8 Å². The number of hydrogen-bond acceptors (Lipinski definition) is 2. The Morgan fingerprint density at radius 1 is 1.38 bits per heavy atom. The molecular formula is C13H21N3. The number of fused-ring (bicyclic) bond motifs is 2. The molecule has 2 aliphatic carbocycles. The topological polar surface area (TPSA) is 30.7 Å². The fourth-order valence-electron chi connectivity index (χ4n) is 3.70. The number of hydrogen-bond donors (Lipinski definition) is 0. The van der Waals surface area contributed by atoms with Crippen molar-refractivity contribution in [3.05, 3.63) is 12.2 Å². The highest BCUT2D eigenvalue weighted by Crippen LogP contribution is 2.49. The summed E-state index contributed by atoms with van der Waals surface area (Å²) in [5.74, 6) is 4.11. The highest BCUT2D eigenvalue weighted by Gasteiger charge is 2.39. The lowest BCUT2D eigenvalue weighted by Gasteiger charge is -2.21. The molecule has 0 N–H and O–H groups in total. The van der Waals surface area contributed by atoms with Crippen LogP contribution in [0, 0.1) is 17.8 Å².